The van der Waals surface area contributed by atoms with Crippen molar-refractivity contribution in [2.75, 3.05) is 38.6 Å². The van der Waals surface area contributed by atoms with Gasteiger partial charge in [-0.3, -0.25) is 9.59 Å². The third-order valence-corrected chi connectivity index (χ3v) is 3.87. The van der Waals surface area contributed by atoms with E-state index < -0.39 is 0 Å². The number of carbonyl (C=O) groups is 2. The van der Waals surface area contributed by atoms with Gasteiger partial charge in [-0.15, -0.1) is 0 Å². The molecule has 0 radical (unpaired) electrons. The van der Waals surface area contributed by atoms with Gasteiger partial charge in [-0.1, -0.05) is 0 Å². The smallest absolute Gasteiger partial charge is 0.227 e. The molecule has 24 heavy (non-hydrogen) atoms. The molecule has 1 N–H and O–H groups in total. The lowest BCUT2D eigenvalue weighted by Gasteiger charge is -2.18. The number of nitrogens with zero attached hydrogens (tertiary/aromatic N) is 2. The molecule has 0 spiro atoms. The van der Waals surface area contributed by atoms with Gasteiger partial charge in [0, 0.05) is 31.7 Å². The quantitative estimate of drug-likeness (QED) is 0.821. The van der Waals surface area contributed by atoms with Gasteiger partial charge in [-0.2, -0.15) is 0 Å². The SMILES string of the molecule is CC(C)Oc1ccc(N2CC(C(=O)NCCN(C)C)CC2=O)cc1. The van der Waals surface area contributed by atoms with E-state index in [-0.39, 0.29) is 30.3 Å². The van der Waals surface area contributed by atoms with Crippen LogP contribution >= 0.6 is 0 Å². The van der Waals surface area contributed by atoms with Gasteiger partial charge in [0.2, 0.25) is 11.8 Å². The van der Waals surface area contributed by atoms with Crippen molar-refractivity contribution in [1.29, 1.82) is 0 Å². The van der Waals surface area contributed by atoms with Crippen molar-refractivity contribution >= 4 is 17.5 Å². The van der Waals surface area contributed by atoms with Gasteiger partial charge in [-0.05, 0) is 52.2 Å². The standard InChI is InChI=1S/C18H27N3O3/c1-13(2)24-16-7-5-15(6-8-16)21-12-14(11-17(21)22)18(23)19-9-10-20(3)4/h5-8,13-14H,9-12H2,1-4H3,(H,19,23). The molecule has 0 saturated carbocycles. The first-order chi connectivity index (χ1) is 11.4. The highest BCUT2D eigenvalue weighted by molar-refractivity contribution is 6.00. The van der Waals surface area contributed by atoms with Gasteiger partial charge in [0.05, 0.1) is 12.0 Å². The number of rotatable bonds is 7. The maximum atomic E-state index is 12.2. The molecule has 2 rings (SSSR count). The van der Waals surface area contributed by atoms with E-state index in [1.54, 1.807) is 4.90 Å². The van der Waals surface area contributed by atoms with Gasteiger partial charge in [0.1, 0.15) is 5.75 Å². The molecule has 1 heterocycles. The molecular weight excluding hydrogens is 306 g/mol. The molecule has 132 valence electrons. The summed E-state index contributed by atoms with van der Waals surface area (Å²) in [6.07, 6.45) is 0.373. The number of hydrogen-bond donors (Lipinski definition) is 1. The van der Waals surface area contributed by atoms with Gasteiger partial charge in [0.25, 0.3) is 0 Å². The summed E-state index contributed by atoms with van der Waals surface area (Å²) < 4.78 is 5.61. The topological polar surface area (TPSA) is 61.9 Å². The van der Waals surface area contributed by atoms with E-state index in [2.05, 4.69) is 5.32 Å². The molecule has 2 amide bonds. The third-order valence-electron chi connectivity index (χ3n) is 3.87. The fourth-order valence-corrected chi connectivity index (χ4v) is 2.66. The van der Waals surface area contributed by atoms with Crippen LogP contribution in [0.15, 0.2) is 24.3 Å². The van der Waals surface area contributed by atoms with Crippen LogP contribution in [0.5, 0.6) is 5.75 Å². The summed E-state index contributed by atoms with van der Waals surface area (Å²) in [6, 6.07) is 7.43. The van der Waals surface area contributed by atoms with Crippen LogP contribution in [0.4, 0.5) is 5.69 Å². The summed E-state index contributed by atoms with van der Waals surface area (Å²) in [5.41, 5.74) is 0.805. The Morgan fingerprint density at radius 2 is 2.00 bits per heavy atom. The Labute approximate surface area is 143 Å². The van der Waals surface area contributed by atoms with Gasteiger partial charge in [0.15, 0.2) is 0 Å². The number of amides is 2. The van der Waals surface area contributed by atoms with E-state index in [1.807, 2.05) is 57.1 Å². The number of nitrogens with one attached hydrogen (secondary N) is 1. The normalized spacial score (nSPS) is 17.7. The second-order valence-electron chi connectivity index (χ2n) is 6.66. The minimum atomic E-state index is -0.286. The number of carbonyl (C=O) groups excluding carboxylic acids is 2. The second kappa shape index (κ2) is 8.15. The monoisotopic (exact) mass is 333 g/mol. The van der Waals surface area contributed by atoms with Crippen LogP contribution in [0.3, 0.4) is 0 Å². The van der Waals surface area contributed by atoms with Crippen molar-refractivity contribution in [2.24, 2.45) is 5.92 Å². The van der Waals surface area contributed by atoms with Crippen LogP contribution in [0, 0.1) is 5.92 Å². The number of hydrogen-bond acceptors (Lipinski definition) is 4. The zero-order valence-electron chi connectivity index (χ0n) is 14.9. The van der Waals surface area contributed by atoms with Gasteiger partial charge in [-0.25, -0.2) is 0 Å². The summed E-state index contributed by atoms with van der Waals surface area (Å²) in [7, 11) is 3.92. The molecule has 1 aromatic carbocycles. The van der Waals surface area contributed by atoms with E-state index in [0.29, 0.717) is 13.1 Å². The Morgan fingerprint density at radius 1 is 1.33 bits per heavy atom. The lowest BCUT2D eigenvalue weighted by molar-refractivity contribution is -0.126. The van der Waals surface area contributed by atoms with Crippen LogP contribution in [-0.2, 0) is 9.59 Å². The molecule has 0 aromatic heterocycles. The van der Waals surface area contributed by atoms with Crippen molar-refractivity contribution < 1.29 is 14.3 Å². The van der Waals surface area contributed by atoms with E-state index in [4.69, 9.17) is 4.74 Å². The maximum absolute atomic E-state index is 12.2. The second-order valence-corrected chi connectivity index (χ2v) is 6.66. The minimum Gasteiger partial charge on any atom is -0.491 e. The molecule has 1 fully saturated rings. The molecule has 1 aliphatic heterocycles. The summed E-state index contributed by atoms with van der Waals surface area (Å²) in [5, 5.41) is 2.90. The predicted molar refractivity (Wildman–Crippen MR) is 94.2 cm³/mol. The number of likely N-dealkylation sites (N-methyl/N-ethyl adjacent to an activating group) is 1. The number of anilines is 1. The van der Waals surface area contributed by atoms with Crippen molar-refractivity contribution in [3.63, 3.8) is 0 Å². The first-order valence-electron chi connectivity index (χ1n) is 8.36. The average molecular weight is 333 g/mol. The Balaban J connectivity index is 1.93. The minimum absolute atomic E-state index is 0.0136. The van der Waals surface area contributed by atoms with E-state index in [9.17, 15) is 9.59 Å². The molecule has 0 aliphatic carbocycles. The summed E-state index contributed by atoms with van der Waals surface area (Å²) in [5.74, 6) is 0.428. The van der Waals surface area contributed by atoms with E-state index in [1.165, 1.54) is 0 Å². The molecule has 1 saturated heterocycles. The van der Waals surface area contributed by atoms with Crippen LogP contribution in [0.25, 0.3) is 0 Å². The first kappa shape index (κ1) is 18.3. The lowest BCUT2D eigenvalue weighted by Crippen LogP contribution is -2.36. The highest BCUT2D eigenvalue weighted by Gasteiger charge is 2.34. The van der Waals surface area contributed by atoms with Gasteiger partial charge < -0.3 is 19.9 Å². The maximum Gasteiger partial charge on any atom is 0.227 e. The molecular formula is C18H27N3O3. The van der Waals surface area contributed by atoms with Gasteiger partial charge >= 0.3 is 0 Å². The molecule has 1 unspecified atom stereocenters. The fourth-order valence-electron chi connectivity index (χ4n) is 2.66. The summed E-state index contributed by atoms with van der Waals surface area (Å²) >= 11 is 0. The Hall–Kier alpha value is -2.08. The van der Waals surface area contributed by atoms with E-state index in [0.717, 1.165) is 18.0 Å². The Morgan fingerprint density at radius 3 is 2.58 bits per heavy atom. The molecule has 1 aliphatic rings. The van der Waals surface area contributed by atoms with Crippen LogP contribution in [0.1, 0.15) is 20.3 Å². The van der Waals surface area contributed by atoms with E-state index >= 15 is 0 Å². The molecule has 6 heteroatoms. The van der Waals surface area contributed by atoms with Crippen molar-refractivity contribution in [1.82, 2.24) is 10.2 Å². The highest BCUT2D eigenvalue weighted by Crippen LogP contribution is 2.27. The zero-order chi connectivity index (χ0) is 17.7. The predicted octanol–water partition coefficient (Wildman–Crippen LogP) is 1.50. The number of benzene rings is 1. The van der Waals surface area contributed by atoms with Crippen molar-refractivity contribution in [3.05, 3.63) is 24.3 Å². The van der Waals surface area contributed by atoms with Crippen molar-refractivity contribution in [2.45, 2.75) is 26.4 Å². The van der Waals surface area contributed by atoms with Crippen LogP contribution in [0.2, 0.25) is 0 Å². The number of ether oxygens (including phenoxy) is 1. The first-order valence-corrected chi connectivity index (χ1v) is 8.36. The molecule has 0 bridgehead atoms. The zero-order valence-corrected chi connectivity index (χ0v) is 14.9. The Kier molecular flexibility index (Phi) is 6.20. The molecule has 1 aromatic rings. The van der Waals surface area contributed by atoms with Crippen LogP contribution in [-0.4, -0.2) is 56.5 Å². The highest BCUT2D eigenvalue weighted by atomic mass is 16.5. The summed E-state index contributed by atoms with van der Waals surface area (Å²) in [6.45, 7) is 5.75. The fraction of sp³-hybridized carbons (Fsp3) is 0.556. The lowest BCUT2D eigenvalue weighted by atomic mass is 10.1. The van der Waals surface area contributed by atoms with Crippen LogP contribution < -0.4 is 15.0 Å². The molecule has 6 nitrogen and oxygen atoms in total. The summed E-state index contributed by atoms with van der Waals surface area (Å²) in [4.78, 5) is 28.1. The Bertz CT molecular complexity index is 569. The average Bonchev–Trinajstić information content (AvgIpc) is 2.89. The largest absolute Gasteiger partial charge is 0.491 e. The third kappa shape index (κ3) is 4.96. The van der Waals surface area contributed by atoms with Crippen molar-refractivity contribution in [3.8, 4) is 5.75 Å². The molecule has 1 atom stereocenters.